The molecule has 0 spiro atoms. The first-order valence-electron chi connectivity index (χ1n) is 2.79. The molecule has 0 saturated heterocycles. The zero-order valence-electron chi connectivity index (χ0n) is 5.16. The Morgan fingerprint density at radius 1 is 1.70 bits per heavy atom. The summed E-state index contributed by atoms with van der Waals surface area (Å²) in [5.74, 6) is 0.611. The van der Waals surface area contributed by atoms with Crippen LogP contribution < -0.4 is 0 Å². The number of hydrogen-bond acceptors (Lipinski definition) is 3. The number of aliphatic imine (C=N–C) groups is 1. The van der Waals surface area contributed by atoms with Gasteiger partial charge in [0.1, 0.15) is 12.0 Å². The van der Waals surface area contributed by atoms with Gasteiger partial charge in [0.25, 0.3) is 0 Å². The molecule has 0 aromatic rings. The SMILES string of the molecule is C=Nc1ncc2[nH]occ1-2. The first-order valence-corrected chi connectivity index (χ1v) is 2.79. The molecule has 2 rings (SSSR count). The van der Waals surface area contributed by atoms with E-state index in [1.165, 1.54) is 0 Å². The van der Waals surface area contributed by atoms with E-state index in [9.17, 15) is 0 Å². The molecule has 0 aromatic heterocycles. The summed E-state index contributed by atoms with van der Waals surface area (Å²) in [5.41, 5.74) is 1.72. The highest BCUT2D eigenvalue weighted by Gasteiger charge is 2.11. The maximum absolute atomic E-state index is 4.79. The molecular formula is C6H5N3O. The van der Waals surface area contributed by atoms with E-state index in [-0.39, 0.29) is 0 Å². The van der Waals surface area contributed by atoms with Gasteiger partial charge in [-0.1, -0.05) is 0 Å². The number of H-pyrrole nitrogens is 1. The molecule has 0 amide bonds. The molecule has 0 radical (unpaired) electrons. The van der Waals surface area contributed by atoms with Crippen molar-refractivity contribution in [2.45, 2.75) is 0 Å². The maximum Gasteiger partial charge on any atom is 0.164 e. The number of nitrogens with zero attached hydrogens (tertiary/aromatic N) is 2. The monoisotopic (exact) mass is 135 g/mol. The van der Waals surface area contributed by atoms with Crippen molar-refractivity contribution in [2.75, 3.05) is 0 Å². The molecule has 0 aromatic carbocycles. The number of hydrogen-bond donors (Lipinski definition) is 1. The fourth-order valence-corrected chi connectivity index (χ4v) is 0.861. The van der Waals surface area contributed by atoms with E-state index in [0.717, 1.165) is 11.3 Å². The fraction of sp³-hybridized carbons (Fsp3) is 0. The molecule has 2 heterocycles. The Hall–Kier alpha value is -1.58. The Kier molecular flexibility index (Phi) is 0.887. The highest BCUT2D eigenvalue weighted by Crippen LogP contribution is 2.29. The average Bonchev–Trinajstić information content (AvgIpc) is 2.44. The predicted molar refractivity (Wildman–Crippen MR) is 36.7 cm³/mol. The van der Waals surface area contributed by atoms with E-state index in [4.69, 9.17) is 4.52 Å². The zero-order chi connectivity index (χ0) is 6.97. The second kappa shape index (κ2) is 1.70. The van der Waals surface area contributed by atoms with Gasteiger partial charge in [-0.2, -0.15) is 0 Å². The van der Waals surface area contributed by atoms with Crippen LogP contribution in [0.4, 0.5) is 5.82 Å². The van der Waals surface area contributed by atoms with Crippen LogP contribution in [0.3, 0.4) is 0 Å². The standard InChI is InChI=1S/C6H5N3O/c1-7-6-4-3-10-9-5(4)2-8-6/h2-3,9H,1H2. The summed E-state index contributed by atoms with van der Waals surface area (Å²) in [5, 5.41) is 2.65. The van der Waals surface area contributed by atoms with Crippen molar-refractivity contribution in [2.24, 2.45) is 4.99 Å². The van der Waals surface area contributed by atoms with E-state index in [1.807, 2.05) is 0 Å². The molecule has 0 bridgehead atoms. The highest BCUT2D eigenvalue weighted by molar-refractivity contribution is 5.72. The predicted octanol–water partition coefficient (Wildman–Crippen LogP) is 1.44. The van der Waals surface area contributed by atoms with Crippen molar-refractivity contribution in [3.05, 3.63) is 12.5 Å². The van der Waals surface area contributed by atoms with Crippen molar-refractivity contribution in [1.29, 1.82) is 0 Å². The van der Waals surface area contributed by atoms with Crippen molar-refractivity contribution < 1.29 is 4.52 Å². The Bertz CT molecular complexity index is 322. The topological polar surface area (TPSA) is 54.2 Å². The summed E-state index contributed by atoms with van der Waals surface area (Å²) in [4.78, 5) is 7.64. The molecule has 2 aliphatic rings. The Balaban J connectivity index is 2.71. The minimum Gasteiger partial charge on any atom is -0.389 e. The van der Waals surface area contributed by atoms with Crippen molar-refractivity contribution in [1.82, 2.24) is 10.1 Å². The first kappa shape index (κ1) is 5.22. The summed E-state index contributed by atoms with van der Waals surface area (Å²) >= 11 is 0. The van der Waals surface area contributed by atoms with Gasteiger partial charge in [0, 0.05) is 0 Å². The van der Waals surface area contributed by atoms with Crippen LogP contribution in [0.25, 0.3) is 11.3 Å². The second-order valence-electron chi connectivity index (χ2n) is 1.91. The molecule has 0 saturated carbocycles. The lowest BCUT2D eigenvalue weighted by atomic mass is 10.3. The third-order valence-electron chi connectivity index (χ3n) is 1.34. The molecule has 10 heavy (non-hydrogen) atoms. The second-order valence-corrected chi connectivity index (χ2v) is 1.91. The third-order valence-corrected chi connectivity index (χ3v) is 1.34. The van der Waals surface area contributed by atoms with Gasteiger partial charge in [0.2, 0.25) is 0 Å². The molecule has 2 aliphatic heterocycles. The minimum absolute atomic E-state index is 0.611. The lowest BCUT2D eigenvalue weighted by Crippen LogP contribution is -1.62. The van der Waals surface area contributed by atoms with E-state index >= 15 is 0 Å². The average molecular weight is 135 g/mol. The zero-order valence-corrected chi connectivity index (χ0v) is 5.16. The van der Waals surface area contributed by atoms with E-state index in [0.29, 0.717) is 5.82 Å². The lowest BCUT2D eigenvalue weighted by Gasteiger charge is -1.81. The lowest BCUT2D eigenvalue weighted by molar-refractivity contribution is 0.424. The van der Waals surface area contributed by atoms with Gasteiger partial charge >= 0.3 is 0 Å². The fourth-order valence-electron chi connectivity index (χ4n) is 0.861. The molecular weight excluding hydrogens is 130 g/mol. The van der Waals surface area contributed by atoms with E-state index < -0.39 is 0 Å². The van der Waals surface area contributed by atoms with Crippen LogP contribution in [-0.4, -0.2) is 16.9 Å². The van der Waals surface area contributed by atoms with Gasteiger partial charge in [0.15, 0.2) is 5.82 Å². The number of nitrogens with one attached hydrogen (secondary N) is 1. The Morgan fingerprint density at radius 3 is 3.40 bits per heavy atom. The van der Waals surface area contributed by atoms with Crippen LogP contribution in [0.1, 0.15) is 0 Å². The third kappa shape index (κ3) is 0.500. The van der Waals surface area contributed by atoms with E-state index in [1.54, 1.807) is 12.5 Å². The Morgan fingerprint density at radius 2 is 2.60 bits per heavy atom. The quantitative estimate of drug-likeness (QED) is 0.601. The minimum atomic E-state index is 0.611. The summed E-state index contributed by atoms with van der Waals surface area (Å²) in [7, 11) is 0. The van der Waals surface area contributed by atoms with Gasteiger partial charge in [-0.25, -0.2) is 15.1 Å². The molecule has 4 heteroatoms. The van der Waals surface area contributed by atoms with Gasteiger partial charge in [-0.15, -0.1) is 0 Å². The van der Waals surface area contributed by atoms with Crippen LogP contribution in [0.15, 0.2) is 22.0 Å². The number of rotatable bonds is 1. The van der Waals surface area contributed by atoms with Crippen LogP contribution in [0.2, 0.25) is 0 Å². The molecule has 0 atom stereocenters. The Labute approximate surface area is 56.9 Å². The van der Waals surface area contributed by atoms with Crippen molar-refractivity contribution in [3.63, 3.8) is 0 Å². The molecule has 0 aliphatic carbocycles. The highest BCUT2D eigenvalue weighted by atomic mass is 16.5. The summed E-state index contributed by atoms with van der Waals surface area (Å²) in [6.07, 6.45) is 3.22. The molecule has 0 unspecified atom stereocenters. The van der Waals surface area contributed by atoms with Gasteiger partial charge < -0.3 is 4.52 Å². The van der Waals surface area contributed by atoms with E-state index in [2.05, 4.69) is 21.9 Å². The summed E-state index contributed by atoms with van der Waals surface area (Å²) < 4.78 is 4.79. The van der Waals surface area contributed by atoms with Crippen LogP contribution in [-0.2, 0) is 0 Å². The van der Waals surface area contributed by atoms with Gasteiger partial charge in [-0.3, -0.25) is 0 Å². The maximum atomic E-state index is 4.79. The van der Waals surface area contributed by atoms with Gasteiger partial charge in [0.05, 0.1) is 11.8 Å². The molecule has 50 valence electrons. The van der Waals surface area contributed by atoms with Crippen molar-refractivity contribution in [3.8, 4) is 11.3 Å². The van der Waals surface area contributed by atoms with Crippen LogP contribution in [0, 0.1) is 0 Å². The smallest absolute Gasteiger partial charge is 0.164 e. The number of fused-ring (bicyclic) bond motifs is 1. The van der Waals surface area contributed by atoms with Gasteiger partial charge in [-0.05, 0) is 6.72 Å². The molecule has 0 fully saturated rings. The van der Waals surface area contributed by atoms with Crippen LogP contribution >= 0.6 is 0 Å². The number of aromatic nitrogens is 2. The van der Waals surface area contributed by atoms with Crippen LogP contribution in [0.5, 0.6) is 0 Å². The summed E-state index contributed by atoms with van der Waals surface area (Å²) in [6, 6.07) is 0. The largest absolute Gasteiger partial charge is 0.389 e. The normalized spacial score (nSPS) is 10.4. The number of aromatic amines is 1. The van der Waals surface area contributed by atoms with Crippen molar-refractivity contribution >= 4 is 12.5 Å². The molecule has 4 nitrogen and oxygen atoms in total. The first-order chi connectivity index (χ1) is 4.92. The molecule has 1 N–H and O–H groups in total. The summed E-state index contributed by atoms with van der Waals surface area (Å²) in [6.45, 7) is 3.36.